The second-order valence-corrected chi connectivity index (χ2v) is 5.11. The Balaban J connectivity index is 2.03. The molecule has 0 heterocycles. The molecule has 0 saturated carbocycles. The summed E-state index contributed by atoms with van der Waals surface area (Å²) in [7, 11) is 1.62. The lowest BCUT2D eigenvalue weighted by molar-refractivity contribution is 0.304. The van der Waals surface area contributed by atoms with Gasteiger partial charge in [0, 0.05) is 12.1 Å². The molecule has 3 nitrogen and oxygen atoms in total. The van der Waals surface area contributed by atoms with Gasteiger partial charge in [0.15, 0.2) is 0 Å². The Morgan fingerprint density at radius 3 is 2.38 bits per heavy atom. The molecular formula is C17H20FNO2. The molecule has 0 radical (unpaired) electrons. The van der Waals surface area contributed by atoms with Crippen LogP contribution in [0.4, 0.5) is 4.39 Å². The number of hydrogen-bond acceptors (Lipinski definition) is 3. The van der Waals surface area contributed by atoms with E-state index < -0.39 is 0 Å². The number of hydrogen-bond donors (Lipinski definition) is 1. The molecule has 0 aliphatic heterocycles. The highest BCUT2D eigenvalue weighted by Crippen LogP contribution is 2.19. The van der Waals surface area contributed by atoms with E-state index >= 15 is 0 Å². The molecule has 0 bridgehead atoms. The minimum atomic E-state index is -0.308. The summed E-state index contributed by atoms with van der Waals surface area (Å²) in [5, 5.41) is 0. The predicted molar refractivity (Wildman–Crippen MR) is 81.1 cm³/mol. The Bertz CT molecular complexity index is 582. The first kappa shape index (κ1) is 15.3. The van der Waals surface area contributed by atoms with Crippen molar-refractivity contribution < 1.29 is 13.9 Å². The normalized spacial score (nSPS) is 12.0. The Morgan fingerprint density at radius 2 is 1.76 bits per heavy atom. The van der Waals surface area contributed by atoms with Crippen molar-refractivity contribution in [3.8, 4) is 11.5 Å². The number of rotatable bonds is 6. The zero-order chi connectivity index (χ0) is 15.2. The van der Waals surface area contributed by atoms with E-state index in [4.69, 9.17) is 15.2 Å². The highest BCUT2D eigenvalue weighted by molar-refractivity contribution is 5.31. The molecule has 0 aliphatic rings. The highest BCUT2D eigenvalue weighted by Gasteiger charge is 2.05. The van der Waals surface area contributed by atoms with Gasteiger partial charge in [0.1, 0.15) is 23.9 Å². The molecule has 0 saturated heterocycles. The van der Waals surface area contributed by atoms with Gasteiger partial charge in [-0.2, -0.15) is 0 Å². The van der Waals surface area contributed by atoms with Crippen molar-refractivity contribution >= 4 is 0 Å². The van der Waals surface area contributed by atoms with Crippen molar-refractivity contribution in [2.45, 2.75) is 26.0 Å². The third-order valence-electron chi connectivity index (χ3n) is 3.05. The molecule has 0 fully saturated rings. The number of nitrogens with two attached hydrogens (primary N) is 1. The van der Waals surface area contributed by atoms with E-state index in [1.54, 1.807) is 7.11 Å². The van der Waals surface area contributed by atoms with Crippen molar-refractivity contribution in [1.82, 2.24) is 0 Å². The summed E-state index contributed by atoms with van der Waals surface area (Å²) < 4.78 is 24.3. The van der Waals surface area contributed by atoms with E-state index in [0.29, 0.717) is 18.8 Å². The zero-order valence-corrected chi connectivity index (χ0v) is 12.3. The Morgan fingerprint density at radius 1 is 1.05 bits per heavy atom. The number of methoxy groups -OCH3 is 1. The second kappa shape index (κ2) is 7.09. The molecular weight excluding hydrogens is 269 g/mol. The molecule has 2 rings (SSSR count). The lowest BCUT2D eigenvalue weighted by Crippen LogP contribution is -2.17. The summed E-state index contributed by atoms with van der Waals surface area (Å²) in [6.07, 6.45) is 0.622. The maximum Gasteiger partial charge on any atom is 0.127 e. The minimum absolute atomic E-state index is 0.0127. The van der Waals surface area contributed by atoms with Gasteiger partial charge in [-0.15, -0.1) is 0 Å². The van der Waals surface area contributed by atoms with Crippen LogP contribution in [0.5, 0.6) is 11.5 Å². The molecule has 1 unspecified atom stereocenters. The topological polar surface area (TPSA) is 44.5 Å². The molecule has 0 aliphatic carbocycles. The number of ether oxygens (including phenoxy) is 2. The van der Waals surface area contributed by atoms with Crippen LogP contribution in [-0.4, -0.2) is 13.2 Å². The minimum Gasteiger partial charge on any atom is -0.497 e. The Labute approximate surface area is 124 Å². The first-order chi connectivity index (χ1) is 10.1. The van der Waals surface area contributed by atoms with E-state index in [1.165, 1.54) is 12.1 Å². The summed E-state index contributed by atoms with van der Waals surface area (Å²) in [5.74, 6) is 1.00. The largest absolute Gasteiger partial charge is 0.497 e. The average Bonchev–Trinajstić information content (AvgIpc) is 2.44. The molecule has 0 aromatic heterocycles. The Hall–Kier alpha value is -2.07. The van der Waals surface area contributed by atoms with Crippen LogP contribution in [0.3, 0.4) is 0 Å². The SMILES string of the molecule is COc1ccc(COc2cc(F)cc(CC(C)N)c2)cc1. The van der Waals surface area contributed by atoms with Crippen LogP contribution in [0.2, 0.25) is 0 Å². The third-order valence-corrected chi connectivity index (χ3v) is 3.05. The highest BCUT2D eigenvalue weighted by atomic mass is 19.1. The molecule has 112 valence electrons. The van der Waals surface area contributed by atoms with Crippen LogP contribution >= 0.6 is 0 Å². The zero-order valence-electron chi connectivity index (χ0n) is 12.3. The van der Waals surface area contributed by atoms with Gasteiger partial charge in [-0.1, -0.05) is 12.1 Å². The van der Waals surface area contributed by atoms with E-state index in [1.807, 2.05) is 37.3 Å². The summed E-state index contributed by atoms with van der Waals surface area (Å²) in [6, 6.07) is 12.3. The van der Waals surface area contributed by atoms with Crippen LogP contribution in [0.15, 0.2) is 42.5 Å². The molecule has 0 amide bonds. The monoisotopic (exact) mass is 289 g/mol. The molecule has 2 aromatic rings. The average molecular weight is 289 g/mol. The van der Waals surface area contributed by atoms with Crippen LogP contribution in [0.25, 0.3) is 0 Å². The smallest absolute Gasteiger partial charge is 0.127 e. The van der Waals surface area contributed by atoms with Gasteiger partial charge in [0.2, 0.25) is 0 Å². The molecule has 4 heteroatoms. The molecule has 2 N–H and O–H groups in total. The van der Waals surface area contributed by atoms with Crippen molar-refractivity contribution in [2.24, 2.45) is 5.73 Å². The van der Waals surface area contributed by atoms with Crippen molar-refractivity contribution in [3.05, 3.63) is 59.4 Å². The molecule has 2 aromatic carbocycles. The number of benzene rings is 2. The van der Waals surface area contributed by atoms with E-state index in [2.05, 4.69) is 0 Å². The van der Waals surface area contributed by atoms with Crippen LogP contribution in [-0.2, 0) is 13.0 Å². The van der Waals surface area contributed by atoms with Crippen LogP contribution in [0, 0.1) is 5.82 Å². The summed E-state index contributed by atoms with van der Waals surface area (Å²) in [4.78, 5) is 0. The van der Waals surface area contributed by atoms with Gasteiger partial charge in [-0.3, -0.25) is 0 Å². The van der Waals surface area contributed by atoms with Crippen molar-refractivity contribution in [2.75, 3.05) is 7.11 Å². The predicted octanol–water partition coefficient (Wildman–Crippen LogP) is 3.30. The van der Waals surface area contributed by atoms with Crippen LogP contribution < -0.4 is 15.2 Å². The van der Waals surface area contributed by atoms with Gasteiger partial charge in [-0.25, -0.2) is 4.39 Å². The van der Waals surface area contributed by atoms with Gasteiger partial charge >= 0.3 is 0 Å². The lowest BCUT2D eigenvalue weighted by atomic mass is 10.1. The van der Waals surface area contributed by atoms with Gasteiger partial charge in [0.05, 0.1) is 7.11 Å². The quantitative estimate of drug-likeness (QED) is 0.887. The molecule has 21 heavy (non-hydrogen) atoms. The van der Waals surface area contributed by atoms with Crippen molar-refractivity contribution in [1.29, 1.82) is 0 Å². The molecule has 0 spiro atoms. The second-order valence-electron chi connectivity index (χ2n) is 5.11. The van der Waals surface area contributed by atoms with E-state index in [0.717, 1.165) is 16.9 Å². The fourth-order valence-corrected chi connectivity index (χ4v) is 2.08. The van der Waals surface area contributed by atoms with E-state index in [-0.39, 0.29) is 11.9 Å². The standard InChI is InChI=1S/C17H20FNO2/c1-12(19)7-14-8-15(18)10-17(9-14)21-11-13-3-5-16(20-2)6-4-13/h3-6,8-10,12H,7,11,19H2,1-2H3. The maximum absolute atomic E-state index is 13.6. The van der Waals surface area contributed by atoms with Gasteiger partial charge in [0.25, 0.3) is 0 Å². The molecule has 1 atom stereocenters. The third kappa shape index (κ3) is 4.76. The fourth-order valence-electron chi connectivity index (χ4n) is 2.08. The van der Waals surface area contributed by atoms with Crippen molar-refractivity contribution in [3.63, 3.8) is 0 Å². The van der Waals surface area contributed by atoms with Gasteiger partial charge < -0.3 is 15.2 Å². The first-order valence-electron chi connectivity index (χ1n) is 6.87. The number of halogens is 1. The first-order valence-corrected chi connectivity index (χ1v) is 6.87. The maximum atomic E-state index is 13.6. The van der Waals surface area contributed by atoms with Crippen LogP contribution in [0.1, 0.15) is 18.1 Å². The fraction of sp³-hybridized carbons (Fsp3) is 0.294. The lowest BCUT2D eigenvalue weighted by Gasteiger charge is -2.10. The van der Waals surface area contributed by atoms with E-state index in [9.17, 15) is 4.39 Å². The summed E-state index contributed by atoms with van der Waals surface area (Å²) in [6.45, 7) is 2.27. The summed E-state index contributed by atoms with van der Waals surface area (Å²) >= 11 is 0. The summed E-state index contributed by atoms with van der Waals surface area (Å²) in [5.41, 5.74) is 7.58. The van der Waals surface area contributed by atoms with Gasteiger partial charge in [-0.05, 0) is 48.7 Å². The Kier molecular flexibility index (Phi) is 5.17.